The fourth-order valence-electron chi connectivity index (χ4n) is 1.73. The monoisotopic (exact) mass is 284 g/mol. The van der Waals surface area contributed by atoms with Crippen LogP contribution in [0.2, 0.25) is 0 Å². The number of nitrogens with one attached hydrogen (secondary N) is 1. The van der Waals surface area contributed by atoms with E-state index in [0.29, 0.717) is 17.0 Å². The average Bonchev–Trinajstić information content (AvgIpc) is 2.53. The van der Waals surface area contributed by atoms with Crippen molar-refractivity contribution in [2.24, 2.45) is 5.10 Å². The molecule has 0 fully saturated rings. The number of amides is 1. The molecule has 0 radical (unpaired) electrons. The minimum atomic E-state index is -0.313. The lowest BCUT2D eigenvalue weighted by atomic mass is 10.1. The van der Waals surface area contributed by atoms with Gasteiger partial charge in [-0.2, -0.15) is 5.10 Å². The van der Waals surface area contributed by atoms with Crippen molar-refractivity contribution in [3.8, 4) is 11.5 Å². The van der Waals surface area contributed by atoms with E-state index in [1.165, 1.54) is 0 Å². The van der Waals surface area contributed by atoms with Crippen LogP contribution in [0.25, 0.3) is 0 Å². The van der Waals surface area contributed by atoms with Crippen LogP contribution >= 0.6 is 0 Å². The van der Waals surface area contributed by atoms with Crippen LogP contribution in [0.4, 0.5) is 0 Å². The summed E-state index contributed by atoms with van der Waals surface area (Å²) in [4.78, 5) is 12.0. The highest BCUT2D eigenvalue weighted by molar-refractivity contribution is 6.01. The number of hydrogen-bond donors (Lipinski definition) is 2. The van der Waals surface area contributed by atoms with Crippen LogP contribution < -0.4 is 10.2 Å². The highest BCUT2D eigenvalue weighted by Gasteiger charge is 2.06. The molecule has 0 heterocycles. The molecule has 0 aliphatic heterocycles. The molecule has 0 unspecified atom stereocenters. The van der Waals surface area contributed by atoms with E-state index in [9.17, 15) is 9.90 Å². The third-order valence-corrected chi connectivity index (χ3v) is 2.94. The molecule has 0 atom stereocenters. The van der Waals surface area contributed by atoms with Crippen LogP contribution in [0.3, 0.4) is 0 Å². The number of carbonyl (C=O) groups excluding carboxylic acids is 1. The SMILES string of the molecule is COc1cccc(C(=O)N/N=C(\C)c2ccc(O)cc2)c1. The summed E-state index contributed by atoms with van der Waals surface area (Å²) in [5.74, 6) is 0.487. The maximum atomic E-state index is 12.0. The summed E-state index contributed by atoms with van der Waals surface area (Å²) in [6, 6.07) is 13.4. The Hall–Kier alpha value is -2.82. The zero-order chi connectivity index (χ0) is 15.2. The number of hydrogen-bond acceptors (Lipinski definition) is 4. The zero-order valence-electron chi connectivity index (χ0n) is 11.8. The van der Waals surface area contributed by atoms with Crippen molar-refractivity contribution in [3.63, 3.8) is 0 Å². The van der Waals surface area contributed by atoms with Gasteiger partial charge in [0.05, 0.1) is 12.8 Å². The Balaban J connectivity index is 2.08. The number of benzene rings is 2. The van der Waals surface area contributed by atoms with Gasteiger partial charge in [0.25, 0.3) is 5.91 Å². The number of hydrazone groups is 1. The first kappa shape index (κ1) is 14.6. The first-order valence-electron chi connectivity index (χ1n) is 6.38. The van der Waals surface area contributed by atoms with E-state index < -0.39 is 0 Å². The largest absolute Gasteiger partial charge is 0.508 e. The molecule has 0 saturated carbocycles. The highest BCUT2D eigenvalue weighted by Crippen LogP contribution is 2.13. The van der Waals surface area contributed by atoms with Crippen molar-refractivity contribution in [2.45, 2.75) is 6.92 Å². The van der Waals surface area contributed by atoms with E-state index in [1.54, 1.807) is 62.6 Å². The maximum absolute atomic E-state index is 12.0. The van der Waals surface area contributed by atoms with Gasteiger partial charge in [-0.3, -0.25) is 4.79 Å². The Morgan fingerprint density at radius 3 is 2.52 bits per heavy atom. The molecule has 5 nitrogen and oxygen atoms in total. The zero-order valence-corrected chi connectivity index (χ0v) is 11.8. The van der Waals surface area contributed by atoms with Gasteiger partial charge in [0.1, 0.15) is 11.5 Å². The van der Waals surface area contributed by atoms with Crippen LogP contribution in [0, 0.1) is 0 Å². The number of phenolic OH excluding ortho intramolecular Hbond substituents is 1. The number of phenols is 1. The van der Waals surface area contributed by atoms with Crippen LogP contribution in [0.15, 0.2) is 53.6 Å². The van der Waals surface area contributed by atoms with Gasteiger partial charge >= 0.3 is 0 Å². The summed E-state index contributed by atoms with van der Waals surface area (Å²) in [5, 5.41) is 13.3. The van der Waals surface area contributed by atoms with Crippen molar-refractivity contribution < 1.29 is 14.6 Å². The smallest absolute Gasteiger partial charge is 0.271 e. The molecule has 1 amide bonds. The Morgan fingerprint density at radius 2 is 1.86 bits per heavy atom. The average molecular weight is 284 g/mol. The predicted octanol–water partition coefficient (Wildman–Crippen LogP) is 2.55. The Bertz CT molecular complexity index is 663. The minimum Gasteiger partial charge on any atom is -0.508 e. The summed E-state index contributed by atoms with van der Waals surface area (Å²) in [6.07, 6.45) is 0. The molecule has 2 aromatic rings. The molecule has 0 aromatic heterocycles. The summed E-state index contributed by atoms with van der Waals surface area (Å²) < 4.78 is 5.07. The van der Waals surface area contributed by atoms with Gasteiger partial charge in [-0.25, -0.2) is 5.43 Å². The van der Waals surface area contributed by atoms with Crippen LogP contribution in [0.1, 0.15) is 22.8 Å². The van der Waals surface area contributed by atoms with E-state index in [2.05, 4.69) is 10.5 Å². The van der Waals surface area contributed by atoms with Gasteiger partial charge in [0, 0.05) is 5.56 Å². The second kappa shape index (κ2) is 6.56. The number of aromatic hydroxyl groups is 1. The molecule has 5 heteroatoms. The highest BCUT2D eigenvalue weighted by atomic mass is 16.5. The standard InChI is InChI=1S/C16H16N2O3/c1-11(12-6-8-14(19)9-7-12)17-18-16(20)13-4-3-5-15(10-13)21-2/h3-10,19H,1-2H3,(H,18,20)/b17-11+. The van der Waals surface area contributed by atoms with E-state index in [-0.39, 0.29) is 11.7 Å². The molecule has 108 valence electrons. The number of rotatable bonds is 4. The molecule has 0 aliphatic rings. The molecule has 2 aromatic carbocycles. The Morgan fingerprint density at radius 1 is 1.14 bits per heavy atom. The first-order valence-corrected chi connectivity index (χ1v) is 6.38. The fraction of sp³-hybridized carbons (Fsp3) is 0.125. The molecule has 0 saturated heterocycles. The minimum absolute atomic E-state index is 0.187. The third-order valence-electron chi connectivity index (χ3n) is 2.94. The summed E-state index contributed by atoms with van der Waals surface area (Å²) >= 11 is 0. The number of ether oxygens (including phenoxy) is 1. The number of carbonyl (C=O) groups is 1. The maximum Gasteiger partial charge on any atom is 0.271 e. The first-order chi connectivity index (χ1) is 10.1. The molecular formula is C16H16N2O3. The molecule has 2 N–H and O–H groups in total. The van der Waals surface area contributed by atoms with Crippen molar-refractivity contribution >= 4 is 11.6 Å². The van der Waals surface area contributed by atoms with Gasteiger partial charge < -0.3 is 9.84 Å². The van der Waals surface area contributed by atoms with Crippen LogP contribution in [0.5, 0.6) is 11.5 Å². The Kier molecular flexibility index (Phi) is 4.56. The van der Waals surface area contributed by atoms with E-state index in [4.69, 9.17) is 4.74 Å². The van der Waals surface area contributed by atoms with Gasteiger partial charge in [0.2, 0.25) is 0 Å². The second-order valence-corrected chi connectivity index (χ2v) is 4.42. The normalized spacial score (nSPS) is 11.0. The van der Waals surface area contributed by atoms with Gasteiger partial charge in [-0.05, 0) is 55.0 Å². The Labute approximate surface area is 122 Å². The van der Waals surface area contributed by atoms with E-state index in [1.807, 2.05) is 0 Å². The lowest BCUT2D eigenvalue weighted by molar-refractivity contribution is 0.0954. The van der Waals surface area contributed by atoms with Crippen molar-refractivity contribution in [3.05, 3.63) is 59.7 Å². The summed E-state index contributed by atoms with van der Waals surface area (Å²) in [5.41, 5.74) is 4.43. The van der Waals surface area contributed by atoms with Crippen molar-refractivity contribution in [2.75, 3.05) is 7.11 Å². The fourth-order valence-corrected chi connectivity index (χ4v) is 1.73. The van der Waals surface area contributed by atoms with Crippen molar-refractivity contribution in [1.29, 1.82) is 0 Å². The van der Waals surface area contributed by atoms with Gasteiger partial charge in [0.15, 0.2) is 0 Å². The summed E-state index contributed by atoms with van der Waals surface area (Å²) in [6.45, 7) is 1.78. The molecule has 0 bridgehead atoms. The quantitative estimate of drug-likeness (QED) is 0.669. The molecular weight excluding hydrogens is 268 g/mol. The van der Waals surface area contributed by atoms with Gasteiger partial charge in [-0.1, -0.05) is 6.07 Å². The molecule has 0 spiro atoms. The van der Waals surface area contributed by atoms with E-state index >= 15 is 0 Å². The molecule has 2 rings (SSSR count). The predicted molar refractivity (Wildman–Crippen MR) is 80.8 cm³/mol. The topological polar surface area (TPSA) is 70.9 Å². The van der Waals surface area contributed by atoms with Crippen LogP contribution in [-0.4, -0.2) is 23.8 Å². The third kappa shape index (κ3) is 3.82. The lowest BCUT2D eigenvalue weighted by Gasteiger charge is -2.05. The molecule has 0 aliphatic carbocycles. The van der Waals surface area contributed by atoms with Crippen molar-refractivity contribution in [1.82, 2.24) is 5.43 Å². The summed E-state index contributed by atoms with van der Waals surface area (Å²) in [7, 11) is 1.55. The molecule has 21 heavy (non-hydrogen) atoms. The van der Waals surface area contributed by atoms with Gasteiger partial charge in [-0.15, -0.1) is 0 Å². The lowest BCUT2D eigenvalue weighted by Crippen LogP contribution is -2.19. The second-order valence-electron chi connectivity index (χ2n) is 4.42. The van der Waals surface area contributed by atoms with Crippen LogP contribution in [-0.2, 0) is 0 Å². The number of methoxy groups -OCH3 is 1. The van der Waals surface area contributed by atoms with E-state index in [0.717, 1.165) is 5.56 Å². The number of nitrogens with zero attached hydrogens (tertiary/aromatic N) is 1.